The summed E-state index contributed by atoms with van der Waals surface area (Å²) in [5.41, 5.74) is 0. The van der Waals surface area contributed by atoms with E-state index < -0.39 is 10.2 Å². The molecule has 2 fully saturated rings. The highest BCUT2D eigenvalue weighted by atomic mass is 35.5. The van der Waals surface area contributed by atoms with Gasteiger partial charge in [-0.2, -0.15) is 13.1 Å². The Morgan fingerprint density at radius 3 is 2.43 bits per heavy atom. The van der Waals surface area contributed by atoms with E-state index in [9.17, 15) is 8.42 Å². The number of fused-ring (bicyclic) bond motifs is 1. The molecule has 2 aliphatic rings. The quantitative estimate of drug-likeness (QED) is 0.596. The molecule has 2 unspecified atom stereocenters. The van der Waals surface area contributed by atoms with Crippen molar-refractivity contribution in [3.8, 4) is 0 Å². The summed E-state index contributed by atoms with van der Waals surface area (Å²) >= 11 is 0. The predicted molar refractivity (Wildman–Crippen MR) is 56.6 cm³/mol. The molecule has 1 heterocycles. The highest BCUT2D eigenvalue weighted by Gasteiger charge is 2.54. The van der Waals surface area contributed by atoms with Gasteiger partial charge in [0.05, 0.1) is 0 Å². The third kappa shape index (κ3) is 2.38. The minimum Gasteiger partial charge on any atom is -0.316 e. The molecule has 0 spiro atoms. The number of hydrogen-bond donors (Lipinski definition) is 3. The van der Waals surface area contributed by atoms with Crippen LogP contribution in [0.1, 0.15) is 6.92 Å². The summed E-state index contributed by atoms with van der Waals surface area (Å²) in [6.45, 7) is 4.11. The van der Waals surface area contributed by atoms with E-state index >= 15 is 0 Å². The van der Waals surface area contributed by atoms with Crippen molar-refractivity contribution < 1.29 is 8.42 Å². The summed E-state index contributed by atoms with van der Waals surface area (Å²) in [5.74, 6) is 1.04. The summed E-state index contributed by atoms with van der Waals surface area (Å²) in [7, 11) is -3.24. The second-order valence-corrected chi connectivity index (χ2v) is 5.16. The Morgan fingerprint density at radius 2 is 1.93 bits per heavy atom. The molecule has 14 heavy (non-hydrogen) atoms. The van der Waals surface area contributed by atoms with Crippen LogP contribution in [0.25, 0.3) is 0 Å². The van der Waals surface area contributed by atoms with E-state index in [1.54, 1.807) is 6.92 Å². The largest absolute Gasteiger partial charge is 0.316 e. The minimum atomic E-state index is -3.24. The van der Waals surface area contributed by atoms with Crippen molar-refractivity contribution in [2.75, 3.05) is 19.6 Å². The first-order valence-corrected chi connectivity index (χ1v) is 6.10. The molecule has 1 saturated heterocycles. The molecule has 2 rings (SSSR count). The Morgan fingerprint density at radius 1 is 1.36 bits per heavy atom. The van der Waals surface area contributed by atoms with Crippen LogP contribution in [0.15, 0.2) is 0 Å². The van der Waals surface area contributed by atoms with Crippen molar-refractivity contribution in [3.05, 3.63) is 0 Å². The van der Waals surface area contributed by atoms with Gasteiger partial charge < -0.3 is 5.32 Å². The van der Waals surface area contributed by atoms with Crippen LogP contribution in [0, 0.1) is 11.8 Å². The average Bonchev–Trinajstić information content (AvgIpc) is 2.51. The summed E-state index contributed by atoms with van der Waals surface area (Å²) in [6.07, 6.45) is 0. The van der Waals surface area contributed by atoms with Crippen LogP contribution in [0.3, 0.4) is 0 Å². The van der Waals surface area contributed by atoms with Crippen LogP contribution < -0.4 is 14.8 Å². The number of nitrogens with one attached hydrogen (secondary N) is 3. The van der Waals surface area contributed by atoms with Crippen LogP contribution in [-0.4, -0.2) is 34.1 Å². The van der Waals surface area contributed by atoms with Gasteiger partial charge in [0.2, 0.25) is 0 Å². The van der Waals surface area contributed by atoms with Gasteiger partial charge in [-0.25, -0.2) is 4.72 Å². The fourth-order valence-corrected chi connectivity index (χ4v) is 3.18. The van der Waals surface area contributed by atoms with Crippen LogP contribution in [0.4, 0.5) is 0 Å². The molecule has 0 aromatic rings. The molecule has 1 saturated carbocycles. The fourth-order valence-electron chi connectivity index (χ4n) is 2.00. The van der Waals surface area contributed by atoms with Crippen LogP contribution >= 0.6 is 12.4 Å². The minimum absolute atomic E-state index is 0. The van der Waals surface area contributed by atoms with Crippen LogP contribution in [-0.2, 0) is 10.2 Å². The zero-order valence-corrected chi connectivity index (χ0v) is 9.62. The molecule has 0 aromatic heterocycles. The first kappa shape index (κ1) is 12.2. The van der Waals surface area contributed by atoms with Crippen molar-refractivity contribution >= 4 is 22.6 Å². The molecule has 0 radical (unpaired) electrons. The summed E-state index contributed by atoms with van der Waals surface area (Å²) in [4.78, 5) is 0. The monoisotopic (exact) mass is 241 g/mol. The lowest BCUT2D eigenvalue weighted by Gasteiger charge is -2.08. The van der Waals surface area contributed by atoms with Gasteiger partial charge in [0.1, 0.15) is 0 Å². The molecule has 5 nitrogen and oxygen atoms in total. The lowest BCUT2D eigenvalue weighted by Crippen LogP contribution is -2.40. The van der Waals surface area contributed by atoms with E-state index in [1.807, 2.05) is 0 Å². The maximum atomic E-state index is 11.3. The summed E-state index contributed by atoms with van der Waals surface area (Å²) in [6, 6.07) is 0.172. The van der Waals surface area contributed by atoms with E-state index in [1.165, 1.54) is 0 Å². The summed E-state index contributed by atoms with van der Waals surface area (Å²) < 4.78 is 27.6. The lowest BCUT2D eigenvalue weighted by atomic mass is 10.4. The molecule has 0 bridgehead atoms. The highest BCUT2D eigenvalue weighted by molar-refractivity contribution is 7.87. The standard InChI is InChI=1S/C7H15N3O2S.ClH/c1-2-9-13(11,12)10-7-5-3-8-4-6(5)7;/h5-10H,2-4H2,1H3;1H. The Balaban J connectivity index is 0.000000980. The van der Waals surface area contributed by atoms with Crippen molar-refractivity contribution in [1.82, 2.24) is 14.8 Å². The van der Waals surface area contributed by atoms with Gasteiger partial charge in [0.15, 0.2) is 0 Å². The van der Waals surface area contributed by atoms with Gasteiger partial charge in [-0.1, -0.05) is 6.92 Å². The SMILES string of the molecule is CCNS(=O)(=O)NC1C2CNCC21.Cl. The van der Waals surface area contributed by atoms with Gasteiger partial charge in [-0.05, 0) is 24.9 Å². The number of rotatable bonds is 4. The maximum Gasteiger partial charge on any atom is 0.277 e. The maximum absolute atomic E-state index is 11.3. The average molecular weight is 242 g/mol. The van der Waals surface area contributed by atoms with Crippen molar-refractivity contribution in [2.45, 2.75) is 13.0 Å². The molecule has 3 N–H and O–H groups in total. The number of halogens is 1. The van der Waals surface area contributed by atoms with Gasteiger partial charge in [-0.3, -0.25) is 0 Å². The van der Waals surface area contributed by atoms with E-state index in [0.717, 1.165) is 13.1 Å². The number of hydrogen-bond acceptors (Lipinski definition) is 3. The van der Waals surface area contributed by atoms with Gasteiger partial charge in [0.25, 0.3) is 10.2 Å². The van der Waals surface area contributed by atoms with Crippen molar-refractivity contribution in [2.24, 2.45) is 11.8 Å². The third-order valence-electron chi connectivity index (χ3n) is 2.72. The second kappa shape index (κ2) is 4.32. The molecule has 7 heteroatoms. The van der Waals surface area contributed by atoms with E-state index in [2.05, 4.69) is 14.8 Å². The van der Waals surface area contributed by atoms with Crippen molar-refractivity contribution in [1.29, 1.82) is 0 Å². The molecule has 0 aromatic carbocycles. The normalized spacial score (nSPS) is 34.8. The van der Waals surface area contributed by atoms with Gasteiger partial charge in [0, 0.05) is 12.6 Å². The smallest absolute Gasteiger partial charge is 0.277 e. The fraction of sp³-hybridized carbons (Fsp3) is 1.00. The van der Waals surface area contributed by atoms with E-state index in [4.69, 9.17) is 0 Å². The molecule has 84 valence electrons. The number of piperidine rings is 1. The molecular weight excluding hydrogens is 226 g/mol. The highest BCUT2D eigenvalue weighted by Crippen LogP contribution is 2.41. The first-order chi connectivity index (χ1) is 6.14. The molecule has 1 aliphatic heterocycles. The lowest BCUT2D eigenvalue weighted by molar-refractivity contribution is 0.553. The molecular formula is C7H16ClN3O2S. The van der Waals surface area contributed by atoms with Gasteiger partial charge >= 0.3 is 0 Å². The Bertz CT molecular complexity index is 285. The molecule has 1 aliphatic carbocycles. The van der Waals surface area contributed by atoms with Crippen LogP contribution in [0.5, 0.6) is 0 Å². The van der Waals surface area contributed by atoms with Crippen LogP contribution in [0.2, 0.25) is 0 Å². The van der Waals surface area contributed by atoms with E-state index in [0.29, 0.717) is 18.4 Å². The van der Waals surface area contributed by atoms with Gasteiger partial charge in [-0.15, -0.1) is 12.4 Å². The Kier molecular flexibility index (Phi) is 3.76. The zero-order valence-electron chi connectivity index (χ0n) is 7.99. The topological polar surface area (TPSA) is 70.2 Å². The van der Waals surface area contributed by atoms with E-state index in [-0.39, 0.29) is 18.4 Å². The first-order valence-electron chi connectivity index (χ1n) is 4.61. The third-order valence-corrected chi connectivity index (χ3v) is 3.97. The molecule has 2 atom stereocenters. The van der Waals surface area contributed by atoms with Crippen molar-refractivity contribution in [3.63, 3.8) is 0 Å². The molecule has 0 amide bonds. The summed E-state index contributed by atoms with van der Waals surface area (Å²) in [5, 5.41) is 3.21. The second-order valence-electron chi connectivity index (χ2n) is 3.63. The zero-order chi connectivity index (χ0) is 9.47. The Hall–Kier alpha value is 0.120. The Labute approximate surface area is 90.6 Å². The predicted octanol–water partition coefficient (Wildman–Crippen LogP) is -0.930.